The Hall–Kier alpha value is -2.88. The summed E-state index contributed by atoms with van der Waals surface area (Å²) < 4.78 is 11.4. The summed E-state index contributed by atoms with van der Waals surface area (Å²) in [6.45, 7) is 3.78. The average molecular weight is 468 g/mol. The predicted octanol–water partition coefficient (Wildman–Crippen LogP) is 2.47. The van der Waals surface area contributed by atoms with Gasteiger partial charge in [0.15, 0.2) is 0 Å². The molecule has 1 amide bonds. The molecule has 174 valence electrons. The van der Waals surface area contributed by atoms with Gasteiger partial charge in [0.25, 0.3) is 5.91 Å². The molecule has 3 atom stereocenters. The lowest BCUT2D eigenvalue weighted by atomic mass is 10.0. The van der Waals surface area contributed by atoms with Gasteiger partial charge in [-0.15, -0.1) is 11.3 Å². The highest BCUT2D eigenvalue weighted by Crippen LogP contribution is 2.35. The second-order valence-corrected chi connectivity index (χ2v) is 9.88. The van der Waals surface area contributed by atoms with Crippen LogP contribution in [0.2, 0.25) is 0 Å². The summed E-state index contributed by atoms with van der Waals surface area (Å²) in [5.74, 6) is 0.672. The van der Waals surface area contributed by atoms with Gasteiger partial charge in [0.1, 0.15) is 22.1 Å². The second kappa shape index (κ2) is 8.81. The normalized spacial score (nSPS) is 22.3. The van der Waals surface area contributed by atoms with Gasteiger partial charge in [0, 0.05) is 42.5 Å². The first-order chi connectivity index (χ1) is 15.9. The van der Waals surface area contributed by atoms with Crippen molar-refractivity contribution in [2.75, 3.05) is 37.5 Å². The van der Waals surface area contributed by atoms with E-state index >= 15 is 0 Å². The molecule has 0 radical (unpaired) electrons. The predicted molar refractivity (Wildman–Crippen MR) is 131 cm³/mol. The Morgan fingerprint density at radius 3 is 3.03 bits per heavy atom. The molecule has 2 aliphatic heterocycles. The fraction of sp³-hybridized carbons (Fsp3) is 0.417. The Morgan fingerprint density at radius 1 is 1.36 bits per heavy atom. The lowest BCUT2D eigenvalue weighted by Gasteiger charge is -2.30. The largest absolute Gasteiger partial charge is 0.491 e. The van der Waals surface area contributed by atoms with Crippen LogP contribution in [-0.4, -0.2) is 55.9 Å². The van der Waals surface area contributed by atoms with Gasteiger partial charge in [-0.3, -0.25) is 4.79 Å². The molecule has 0 unspecified atom stereocenters. The fourth-order valence-corrected chi connectivity index (χ4v) is 5.80. The maximum atomic E-state index is 13.0. The zero-order valence-corrected chi connectivity index (χ0v) is 19.7. The molecule has 9 heteroatoms. The molecule has 4 heterocycles. The number of nitrogen functional groups attached to an aromatic ring is 1. The summed E-state index contributed by atoms with van der Waals surface area (Å²) in [5.41, 5.74) is 16.0. The molecule has 2 aromatic heterocycles. The van der Waals surface area contributed by atoms with E-state index in [-0.39, 0.29) is 24.0 Å². The van der Waals surface area contributed by atoms with E-state index in [9.17, 15) is 4.79 Å². The van der Waals surface area contributed by atoms with E-state index in [1.54, 1.807) is 7.11 Å². The first-order valence-electron chi connectivity index (χ1n) is 11.2. The molecule has 3 aromatic rings. The van der Waals surface area contributed by atoms with Crippen molar-refractivity contribution in [1.82, 2.24) is 10.3 Å². The van der Waals surface area contributed by atoms with Crippen molar-refractivity contribution in [3.8, 4) is 5.75 Å². The molecule has 33 heavy (non-hydrogen) atoms. The minimum atomic E-state index is -0.185. The van der Waals surface area contributed by atoms with E-state index < -0.39 is 0 Å². The van der Waals surface area contributed by atoms with Gasteiger partial charge < -0.3 is 31.2 Å². The number of aromatic nitrogens is 1. The Balaban J connectivity index is 1.29. The van der Waals surface area contributed by atoms with Crippen LogP contribution in [0.4, 0.5) is 11.4 Å². The van der Waals surface area contributed by atoms with Crippen LogP contribution in [0.25, 0.3) is 10.2 Å². The summed E-state index contributed by atoms with van der Waals surface area (Å²) in [5, 5.41) is 3.91. The number of nitrogens with zero attached hydrogens (tertiary/aromatic N) is 2. The number of hydrogen-bond donors (Lipinski definition) is 3. The molecule has 0 saturated carbocycles. The summed E-state index contributed by atoms with van der Waals surface area (Å²) in [4.78, 5) is 21.0. The smallest absolute Gasteiger partial charge is 0.263 e. The van der Waals surface area contributed by atoms with Crippen molar-refractivity contribution in [2.24, 2.45) is 5.73 Å². The zero-order chi connectivity index (χ0) is 23.1. The number of rotatable bonds is 5. The number of amides is 1. The highest BCUT2D eigenvalue weighted by atomic mass is 32.1. The monoisotopic (exact) mass is 467 g/mol. The topological polar surface area (TPSA) is 116 Å². The minimum Gasteiger partial charge on any atom is -0.491 e. The first-order valence-corrected chi connectivity index (χ1v) is 12.0. The van der Waals surface area contributed by atoms with Crippen molar-refractivity contribution in [3.05, 3.63) is 46.5 Å². The maximum Gasteiger partial charge on any atom is 0.263 e. The number of thiophene rings is 1. The van der Waals surface area contributed by atoms with Crippen LogP contribution < -0.4 is 26.4 Å². The molecule has 0 aliphatic carbocycles. The lowest BCUT2D eigenvalue weighted by molar-refractivity contribution is 0.0920. The van der Waals surface area contributed by atoms with Crippen LogP contribution in [0.1, 0.15) is 27.3 Å². The van der Waals surface area contributed by atoms with Crippen molar-refractivity contribution in [3.63, 3.8) is 0 Å². The van der Waals surface area contributed by atoms with Gasteiger partial charge in [-0.25, -0.2) is 4.98 Å². The van der Waals surface area contributed by atoms with Gasteiger partial charge in [0.05, 0.1) is 24.4 Å². The summed E-state index contributed by atoms with van der Waals surface area (Å²) in [6.07, 6.45) is 1.61. The molecule has 2 aliphatic rings. The second-order valence-electron chi connectivity index (χ2n) is 8.89. The van der Waals surface area contributed by atoms with Crippen molar-refractivity contribution >= 4 is 38.8 Å². The van der Waals surface area contributed by atoms with Crippen LogP contribution in [0.15, 0.2) is 30.3 Å². The number of benzene rings is 1. The van der Waals surface area contributed by atoms with Gasteiger partial charge in [-0.1, -0.05) is 6.07 Å². The molecular weight excluding hydrogens is 438 g/mol. The minimum absolute atomic E-state index is 0.128. The fourth-order valence-electron chi connectivity index (χ4n) is 4.76. The average Bonchev–Trinajstić information content (AvgIpc) is 3.32. The number of pyridine rings is 1. The highest BCUT2D eigenvalue weighted by molar-refractivity contribution is 7.21. The number of carbonyl (C=O) groups excluding carboxylic acids is 1. The van der Waals surface area contributed by atoms with E-state index in [0.717, 1.165) is 45.9 Å². The van der Waals surface area contributed by atoms with Crippen LogP contribution in [0.5, 0.6) is 5.75 Å². The van der Waals surface area contributed by atoms with E-state index in [1.807, 2.05) is 19.1 Å². The van der Waals surface area contributed by atoms with E-state index in [0.29, 0.717) is 30.2 Å². The van der Waals surface area contributed by atoms with Gasteiger partial charge in [-0.05, 0) is 43.5 Å². The number of ether oxygens (including phenoxy) is 2. The number of carbonyl (C=O) groups is 1. The van der Waals surface area contributed by atoms with Gasteiger partial charge in [-0.2, -0.15) is 0 Å². The Morgan fingerprint density at radius 2 is 2.21 bits per heavy atom. The zero-order valence-electron chi connectivity index (χ0n) is 18.8. The van der Waals surface area contributed by atoms with Crippen LogP contribution in [0, 0.1) is 6.92 Å². The quantitative estimate of drug-likeness (QED) is 0.528. The molecular formula is C24H29N5O3S. The summed E-state index contributed by atoms with van der Waals surface area (Å²) in [7, 11) is 1.72. The third-order valence-corrected chi connectivity index (χ3v) is 7.48. The molecule has 1 fully saturated rings. The third kappa shape index (κ3) is 4.23. The number of aryl methyl sites for hydroxylation is 1. The molecule has 5 N–H and O–H groups in total. The number of methoxy groups -OCH3 is 1. The number of nitrogens with one attached hydrogen (secondary N) is 1. The Labute approximate surface area is 196 Å². The summed E-state index contributed by atoms with van der Waals surface area (Å²) >= 11 is 1.33. The SMILES string of the molecule is COC[C@@H]1C[C@H](N)CN1c1ccc2c(c1)OC[C@H](NC(=O)c1sc3nc(C)ccc3c1N)C2. The van der Waals surface area contributed by atoms with Gasteiger partial charge >= 0.3 is 0 Å². The number of hydrogen-bond acceptors (Lipinski definition) is 8. The van der Waals surface area contributed by atoms with Crippen LogP contribution in [-0.2, 0) is 11.2 Å². The van der Waals surface area contributed by atoms with E-state index in [4.69, 9.17) is 20.9 Å². The first kappa shape index (κ1) is 21.9. The summed E-state index contributed by atoms with van der Waals surface area (Å²) in [6, 6.07) is 10.4. The molecule has 5 rings (SSSR count). The lowest BCUT2D eigenvalue weighted by Crippen LogP contribution is -2.42. The maximum absolute atomic E-state index is 13.0. The van der Waals surface area contributed by atoms with Crippen molar-refractivity contribution in [2.45, 2.75) is 37.9 Å². The number of fused-ring (bicyclic) bond motifs is 2. The van der Waals surface area contributed by atoms with Crippen LogP contribution >= 0.6 is 11.3 Å². The number of nitrogens with two attached hydrogens (primary N) is 2. The Bertz CT molecular complexity index is 1200. The van der Waals surface area contributed by atoms with Crippen molar-refractivity contribution in [1.29, 1.82) is 0 Å². The highest BCUT2D eigenvalue weighted by Gasteiger charge is 2.31. The molecule has 0 spiro atoms. The standard InChI is InChI=1S/C24H29N5O3S/c1-13-3-6-19-21(26)22(33-24(19)27-13)23(30)28-16-7-14-4-5-17(9-20(14)32-11-16)29-10-15(25)8-18(29)12-31-2/h3-6,9,15-16,18H,7-8,10-12,25-26H2,1-2H3,(H,28,30)/t15-,16+,18-/m0/s1. The third-order valence-electron chi connectivity index (χ3n) is 6.37. The van der Waals surface area contributed by atoms with E-state index in [2.05, 4.69) is 33.4 Å². The Kier molecular flexibility index (Phi) is 5.86. The molecule has 0 bridgehead atoms. The molecule has 1 aromatic carbocycles. The number of anilines is 2. The van der Waals surface area contributed by atoms with Crippen LogP contribution in [0.3, 0.4) is 0 Å². The van der Waals surface area contributed by atoms with Gasteiger partial charge in [0.2, 0.25) is 0 Å². The van der Waals surface area contributed by atoms with Crippen molar-refractivity contribution < 1.29 is 14.3 Å². The van der Waals surface area contributed by atoms with E-state index in [1.165, 1.54) is 11.3 Å². The molecule has 8 nitrogen and oxygen atoms in total. The molecule has 1 saturated heterocycles.